The van der Waals surface area contributed by atoms with Crippen LogP contribution in [0.1, 0.15) is 42.9 Å². The number of aromatic amines is 1. The van der Waals surface area contributed by atoms with E-state index in [9.17, 15) is 0 Å². The van der Waals surface area contributed by atoms with Crippen molar-refractivity contribution in [3.63, 3.8) is 0 Å². The predicted octanol–water partition coefficient (Wildman–Crippen LogP) is 3.01. The average Bonchev–Trinajstić information content (AvgIpc) is 2.88. The van der Waals surface area contributed by atoms with E-state index in [1.807, 2.05) is 12.4 Å². The standard InChI is InChI=1S/C15H19N3/c1-11(14-9-16-17-10-14)18-15-7-13(8-15)12-5-3-2-4-6-12/h2-6,9-11,13,15,18H,7-8H2,1H3,(H,16,17). The topological polar surface area (TPSA) is 40.7 Å². The molecule has 0 aliphatic heterocycles. The van der Waals surface area contributed by atoms with Gasteiger partial charge in [-0.15, -0.1) is 0 Å². The van der Waals surface area contributed by atoms with Gasteiger partial charge in [-0.3, -0.25) is 5.10 Å². The zero-order chi connectivity index (χ0) is 12.4. The van der Waals surface area contributed by atoms with Crippen LogP contribution in [-0.2, 0) is 0 Å². The molecular formula is C15H19N3. The Morgan fingerprint density at radius 2 is 2.06 bits per heavy atom. The molecule has 3 nitrogen and oxygen atoms in total. The summed E-state index contributed by atoms with van der Waals surface area (Å²) in [6.45, 7) is 2.20. The maximum absolute atomic E-state index is 3.99. The molecular weight excluding hydrogens is 222 g/mol. The molecule has 1 heterocycles. The van der Waals surface area contributed by atoms with Crippen LogP contribution in [0.3, 0.4) is 0 Å². The summed E-state index contributed by atoms with van der Waals surface area (Å²) in [5, 5.41) is 10.5. The van der Waals surface area contributed by atoms with Gasteiger partial charge in [0.1, 0.15) is 0 Å². The van der Waals surface area contributed by atoms with Gasteiger partial charge in [-0.2, -0.15) is 5.10 Å². The number of nitrogens with one attached hydrogen (secondary N) is 2. The van der Waals surface area contributed by atoms with E-state index >= 15 is 0 Å². The van der Waals surface area contributed by atoms with E-state index in [-0.39, 0.29) is 0 Å². The Morgan fingerprint density at radius 3 is 2.72 bits per heavy atom. The maximum atomic E-state index is 3.99. The fraction of sp³-hybridized carbons (Fsp3) is 0.400. The molecule has 1 fully saturated rings. The van der Waals surface area contributed by atoms with Crippen molar-refractivity contribution in [1.82, 2.24) is 15.5 Å². The van der Waals surface area contributed by atoms with Crippen LogP contribution < -0.4 is 5.32 Å². The second kappa shape index (κ2) is 4.94. The van der Waals surface area contributed by atoms with Gasteiger partial charge in [0, 0.05) is 23.8 Å². The van der Waals surface area contributed by atoms with Crippen molar-refractivity contribution in [2.75, 3.05) is 0 Å². The van der Waals surface area contributed by atoms with Crippen molar-refractivity contribution in [2.24, 2.45) is 0 Å². The first-order valence-corrected chi connectivity index (χ1v) is 6.62. The van der Waals surface area contributed by atoms with Crippen molar-refractivity contribution >= 4 is 0 Å². The molecule has 18 heavy (non-hydrogen) atoms. The minimum absolute atomic E-state index is 0.380. The number of aromatic nitrogens is 2. The van der Waals surface area contributed by atoms with Crippen LogP contribution in [0.2, 0.25) is 0 Å². The molecule has 0 radical (unpaired) electrons. The molecule has 3 rings (SSSR count). The molecule has 1 aliphatic rings. The molecule has 2 N–H and O–H groups in total. The van der Waals surface area contributed by atoms with Crippen LogP contribution in [0.5, 0.6) is 0 Å². The van der Waals surface area contributed by atoms with Crippen LogP contribution in [0.25, 0.3) is 0 Å². The normalized spacial score (nSPS) is 24.5. The fourth-order valence-electron chi connectivity index (χ4n) is 2.70. The summed E-state index contributed by atoms with van der Waals surface area (Å²) >= 11 is 0. The summed E-state index contributed by atoms with van der Waals surface area (Å²) < 4.78 is 0. The van der Waals surface area contributed by atoms with E-state index in [4.69, 9.17) is 0 Å². The Morgan fingerprint density at radius 1 is 1.28 bits per heavy atom. The van der Waals surface area contributed by atoms with E-state index < -0.39 is 0 Å². The zero-order valence-electron chi connectivity index (χ0n) is 10.6. The van der Waals surface area contributed by atoms with Crippen LogP contribution >= 0.6 is 0 Å². The first-order valence-electron chi connectivity index (χ1n) is 6.62. The summed E-state index contributed by atoms with van der Waals surface area (Å²) in [6.07, 6.45) is 6.34. The number of hydrogen-bond donors (Lipinski definition) is 2. The van der Waals surface area contributed by atoms with Crippen LogP contribution in [0.15, 0.2) is 42.7 Å². The van der Waals surface area contributed by atoms with Crippen LogP contribution in [0.4, 0.5) is 0 Å². The number of nitrogens with zero attached hydrogens (tertiary/aromatic N) is 1. The van der Waals surface area contributed by atoms with Gasteiger partial charge in [-0.05, 0) is 31.2 Å². The van der Waals surface area contributed by atoms with Crippen molar-refractivity contribution in [3.8, 4) is 0 Å². The summed E-state index contributed by atoms with van der Waals surface area (Å²) in [5.74, 6) is 0.736. The second-order valence-electron chi connectivity index (χ2n) is 5.20. The van der Waals surface area contributed by atoms with Gasteiger partial charge in [-0.25, -0.2) is 0 Å². The third-order valence-electron chi connectivity index (χ3n) is 3.91. The third-order valence-corrected chi connectivity index (χ3v) is 3.91. The van der Waals surface area contributed by atoms with Gasteiger partial charge in [0.2, 0.25) is 0 Å². The van der Waals surface area contributed by atoms with E-state index in [0.29, 0.717) is 12.1 Å². The van der Waals surface area contributed by atoms with Gasteiger partial charge in [0.25, 0.3) is 0 Å². The average molecular weight is 241 g/mol. The molecule has 94 valence electrons. The summed E-state index contributed by atoms with van der Waals surface area (Å²) in [7, 11) is 0. The largest absolute Gasteiger partial charge is 0.307 e. The van der Waals surface area contributed by atoms with Crippen molar-refractivity contribution < 1.29 is 0 Å². The Bertz CT molecular complexity index is 472. The van der Waals surface area contributed by atoms with Crippen molar-refractivity contribution in [3.05, 3.63) is 53.9 Å². The van der Waals surface area contributed by atoms with Crippen molar-refractivity contribution in [2.45, 2.75) is 37.8 Å². The molecule has 0 bridgehead atoms. The molecule has 0 spiro atoms. The second-order valence-corrected chi connectivity index (χ2v) is 5.20. The van der Waals surface area contributed by atoms with Gasteiger partial charge >= 0.3 is 0 Å². The number of hydrogen-bond acceptors (Lipinski definition) is 2. The molecule has 2 aromatic rings. The maximum Gasteiger partial charge on any atom is 0.0534 e. The number of H-pyrrole nitrogens is 1. The molecule has 0 amide bonds. The molecule has 3 heteroatoms. The van der Waals surface area contributed by atoms with E-state index in [2.05, 4.69) is 52.8 Å². The molecule has 0 saturated heterocycles. The molecule has 1 aliphatic carbocycles. The summed E-state index contributed by atoms with van der Waals surface area (Å²) in [6, 6.07) is 11.8. The van der Waals surface area contributed by atoms with E-state index in [0.717, 1.165) is 5.92 Å². The summed E-state index contributed by atoms with van der Waals surface area (Å²) in [5.41, 5.74) is 2.71. The fourth-order valence-corrected chi connectivity index (χ4v) is 2.70. The minimum Gasteiger partial charge on any atom is -0.307 e. The Kier molecular flexibility index (Phi) is 3.15. The lowest BCUT2D eigenvalue weighted by atomic mass is 9.75. The molecule has 1 aromatic heterocycles. The first-order chi connectivity index (χ1) is 8.83. The van der Waals surface area contributed by atoms with E-state index in [1.165, 1.54) is 24.0 Å². The van der Waals surface area contributed by atoms with Gasteiger partial charge in [0.05, 0.1) is 6.20 Å². The van der Waals surface area contributed by atoms with Crippen molar-refractivity contribution in [1.29, 1.82) is 0 Å². The quantitative estimate of drug-likeness (QED) is 0.864. The highest BCUT2D eigenvalue weighted by molar-refractivity contribution is 5.23. The number of rotatable bonds is 4. The Hall–Kier alpha value is -1.61. The highest BCUT2D eigenvalue weighted by Crippen LogP contribution is 2.37. The Labute approximate surface area is 108 Å². The molecule has 1 aromatic carbocycles. The monoisotopic (exact) mass is 241 g/mol. The lowest BCUT2D eigenvalue weighted by molar-refractivity contribution is 0.271. The minimum atomic E-state index is 0.380. The summed E-state index contributed by atoms with van der Waals surface area (Å²) in [4.78, 5) is 0. The number of benzene rings is 1. The third kappa shape index (κ3) is 2.31. The molecule has 1 unspecified atom stereocenters. The van der Waals surface area contributed by atoms with E-state index in [1.54, 1.807) is 0 Å². The highest BCUT2D eigenvalue weighted by Gasteiger charge is 2.30. The molecule has 1 saturated carbocycles. The van der Waals surface area contributed by atoms with Gasteiger partial charge in [0.15, 0.2) is 0 Å². The lowest BCUT2D eigenvalue weighted by Crippen LogP contribution is -2.41. The lowest BCUT2D eigenvalue weighted by Gasteiger charge is -2.38. The smallest absolute Gasteiger partial charge is 0.0534 e. The van der Waals surface area contributed by atoms with Gasteiger partial charge in [-0.1, -0.05) is 30.3 Å². The van der Waals surface area contributed by atoms with Crippen LogP contribution in [0, 0.1) is 0 Å². The zero-order valence-corrected chi connectivity index (χ0v) is 10.6. The molecule has 1 atom stereocenters. The van der Waals surface area contributed by atoms with Gasteiger partial charge < -0.3 is 5.32 Å². The first kappa shape index (κ1) is 11.5. The SMILES string of the molecule is CC(NC1CC(c2ccccc2)C1)c1cn[nH]c1. The predicted molar refractivity (Wildman–Crippen MR) is 72.3 cm³/mol. The Balaban J connectivity index is 1.51. The van der Waals surface area contributed by atoms with Crippen LogP contribution in [-0.4, -0.2) is 16.2 Å². The highest BCUT2D eigenvalue weighted by atomic mass is 15.1.